The van der Waals surface area contributed by atoms with E-state index in [4.69, 9.17) is 0 Å². The molecule has 1 aliphatic heterocycles. The van der Waals surface area contributed by atoms with Gasteiger partial charge in [-0.25, -0.2) is 0 Å². The van der Waals surface area contributed by atoms with E-state index >= 15 is 0 Å². The maximum atomic E-state index is 9.32. The molecule has 0 saturated carbocycles. The topological polar surface area (TPSA) is 26.7 Å². The third-order valence-electron chi connectivity index (χ3n) is 2.68. The molecular formula is C10H22N2O. The molecule has 3 nitrogen and oxygen atoms in total. The van der Waals surface area contributed by atoms with Gasteiger partial charge < -0.3 is 10.0 Å². The number of hydrogen-bond acceptors (Lipinski definition) is 3. The van der Waals surface area contributed by atoms with E-state index in [0.29, 0.717) is 6.04 Å². The van der Waals surface area contributed by atoms with Crippen LogP contribution in [0.1, 0.15) is 20.3 Å². The smallest absolute Gasteiger partial charge is 0.0639 e. The molecule has 0 radical (unpaired) electrons. The molecule has 13 heavy (non-hydrogen) atoms. The number of aliphatic hydroxyl groups is 1. The number of hydrogen-bond donors (Lipinski definition) is 1. The minimum absolute atomic E-state index is 0.203. The zero-order chi connectivity index (χ0) is 9.84. The van der Waals surface area contributed by atoms with Gasteiger partial charge in [0.25, 0.3) is 0 Å². The second-order valence-corrected chi connectivity index (χ2v) is 4.31. The molecule has 0 aromatic heterocycles. The first-order valence-corrected chi connectivity index (χ1v) is 5.20. The van der Waals surface area contributed by atoms with Crippen molar-refractivity contribution < 1.29 is 5.11 Å². The lowest BCUT2D eigenvalue weighted by Crippen LogP contribution is -2.41. The standard InChI is InChI=1S/C10H22N2O/c1-9-7-11(3)5-4-6-12(9)8-10(2)13/h9-10,13H,4-8H2,1-3H3/t9?,10-/m1/s1. The van der Waals surface area contributed by atoms with E-state index in [1.807, 2.05) is 6.92 Å². The summed E-state index contributed by atoms with van der Waals surface area (Å²) in [6.07, 6.45) is 1.01. The van der Waals surface area contributed by atoms with Crippen molar-refractivity contribution in [3.05, 3.63) is 0 Å². The summed E-state index contributed by atoms with van der Waals surface area (Å²) >= 11 is 0. The van der Waals surface area contributed by atoms with Gasteiger partial charge in [-0.3, -0.25) is 4.90 Å². The van der Waals surface area contributed by atoms with Crippen molar-refractivity contribution in [3.63, 3.8) is 0 Å². The summed E-state index contributed by atoms with van der Waals surface area (Å²) in [6, 6.07) is 0.571. The lowest BCUT2D eigenvalue weighted by Gasteiger charge is -2.28. The molecule has 1 saturated heterocycles. The Labute approximate surface area is 81.3 Å². The monoisotopic (exact) mass is 186 g/mol. The SMILES string of the molecule is CC1CN(C)CCCN1C[C@@H](C)O. The fraction of sp³-hybridized carbons (Fsp3) is 1.00. The van der Waals surface area contributed by atoms with Crippen LogP contribution < -0.4 is 0 Å². The van der Waals surface area contributed by atoms with Crippen LogP contribution >= 0.6 is 0 Å². The van der Waals surface area contributed by atoms with Crippen molar-refractivity contribution in [1.29, 1.82) is 0 Å². The van der Waals surface area contributed by atoms with Crippen LogP contribution in [-0.2, 0) is 0 Å². The van der Waals surface area contributed by atoms with Crippen LogP contribution in [0, 0.1) is 0 Å². The summed E-state index contributed by atoms with van der Waals surface area (Å²) < 4.78 is 0. The Morgan fingerprint density at radius 3 is 2.77 bits per heavy atom. The van der Waals surface area contributed by atoms with Gasteiger partial charge in [0.15, 0.2) is 0 Å². The quantitative estimate of drug-likeness (QED) is 0.676. The van der Waals surface area contributed by atoms with Crippen molar-refractivity contribution in [2.24, 2.45) is 0 Å². The van der Waals surface area contributed by atoms with Crippen molar-refractivity contribution in [1.82, 2.24) is 9.80 Å². The minimum Gasteiger partial charge on any atom is -0.392 e. The van der Waals surface area contributed by atoms with Crippen LogP contribution in [0.4, 0.5) is 0 Å². The number of aliphatic hydroxyl groups excluding tert-OH is 1. The van der Waals surface area contributed by atoms with Crippen LogP contribution in [0.5, 0.6) is 0 Å². The second-order valence-electron chi connectivity index (χ2n) is 4.31. The van der Waals surface area contributed by atoms with Gasteiger partial charge in [0.2, 0.25) is 0 Å². The first kappa shape index (κ1) is 11.0. The molecule has 0 bridgehead atoms. The van der Waals surface area contributed by atoms with Gasteiger partial charge in [0.05, 0.1) is 6.10 Å². The van der Waals surface area contributed by atoms with E-state index in [-0.39, 0.29) is 6.10 Å². The first-order valence-electron chi connectivity index (χ1n) is 5.20. The van der Waals surface area contributed by atoms with Crippen molar-refractivity contribution in [3.8, 4) is 0 Å². The van der Waals surface area contributed by atoms with Gasteiger partial charge in [-0.05, 0) is 40.4 Å². The summed E-state index contributed by atoms with van der Waals surface area (Å²) in [6.45, 7) is 8.34. The van der Waals surface area contributed by atoms with Gasteiger partial charge in [-0.2, -0.15) is 0 Å². The molecule has 1 heterocycles. The number of likely N-dealkylation sites (N-methyl/N-ethyl adjacent to an activating group) is 1. The molecule has 0 aromatic rings. The summed E-state index contributed by atoms with van der Waals surface area (Å²) in [5.41, 5.74) is 0. The largest absolute Gasteiger partial charge is 0.392 e. The van der Waals surface area contributed by atoms with Crippen LogP contribution in [0.15, 0.2) is 0 Å². The maximum absolute atomic E-state index is 9.32. The number of nitrogens with zero attached hydrogens (tertiary/aromatic N) is 2. The number of rotatable bonds is 2. The summed E-state index contributed by atoms with van der Waals surface area (Å²) in [5, 5.41) is 9.32. The fourth-order valence-electron chi connectivity index (χ4n) is 2.03. The third-order valence-corrected chi connectivity index (χ3v) is 2.68. The average molecular weight is 186 g/mol. The molecule has 1 rings (SSSR count). The molecule has 1 unspecified atom stereocenters. The predicted octanol–water partition coefficient (Wildman–Crippen LogP) is 0.393. The van der Waals surface area contributed by atoms with E-state index in [1.165, 1.54) is 13.0 Å². The van der Waals surface area contributed by atoms with Crippen molar-refractivity contribution >= 4 is 0 Å². The van der Waals surface area contributed by atoms with Gasteiger partial charge in [0.1, 0.15) is 0 Å². The molecule has 0 aromatic carbocycles. The van der Waals surface area contributed by atoms with Gasteiger partial charge in [-0.15, -0.1) is 0 Å². The highest BCUT2D eigenvalue weighted by Gasteiger charge is 2.19. The third kappa shape index (κ3) is 3.63. The predicted molar refractivity (Wildman–Crippen MR) is 54.8 cm³/mol. The normalized spacial score (nSPS) is 30.0. The highest BCUT2D eigenvalue weighted by atomic mass is 16.3. The van der Waals surface area contributed by atoms with Gasteiger partial charge in [0, 0.05) is 19.1 Å². The van der Waals surface area contributed by atoms with E-state index in [1.54, 1.807) is 0 Å². The van der Waals surface area contributed by atoms with Gasteiger partial charge >= 0.3 is 0 Å². The molecule has 1 aliphatic rings. The minimum atomic E-state index is -0.203. The highest BCUT2D eigenvalue weighted by Crippen LogP contribution is 2.08. The molecule has 3 heteroatoms. The lowest BCUT2D eigenvalue weighted by atomic mass is 10.2. The Balaban J connectivity index is 2.43. The zero-order valence-electron chi connectivity index (χ0n) is 9.03. The lowest BCUT2D eigenvalue weighted by molar-refractivity contribution is 0.104. The molecule has 1 fully saturated rings. The Bertz CT molecular complexity index is 150. The molecule has 78 valence electrons. The van der Waals surface area contributed by atoms with Crippen molar-refractivity contribution in [2.45, 2.75) is 32.4 Å². The van der Waals surface area contributed by atoms with Crippen molar-refractivity contribution in [2.75, 3.05) is 33.2 Å². The van der Waals surface area contributed by atoms with Gasteiger partial charge in [-0.1, -0.05) is 0 Å². The molecule has 0 amide bonds. The Morgan fingerprint density at radius 2 is 2.15 bits per heavy atom. The Kier molecular flexibility index (Phi) is 4.16. The van der Waals surface area contributed by atoms with E-state index in [9.17, 15) is 5.11 Å². The summed E-state index contributed by atoms with van der Waals surface area (Å²) in [4.78, 5) is 4.75. The fourth-order valence-corrected chi connectivity index (χ4v) is 2.03. The second kappa shape index (κ2) is 4.94. The zero-order valence-corrected chi connectivity index (χ0v) is 9.03. The summed E-state index contributed by atoms with van der Waals surface area (Å²) in [5.74, 6) is 0. The van der Waals surface area contributed by atoms with E-state index in [2.05, 4.69) is 23.8 Å². The molecule has 0 aliphatic carbocycles. The molecule has 2 atom stereocenters. The van der Waals surface area contributed by atoms with Crippen LogP contribution in [0.25, 0.3) is 0 Å². The Morgan fingerprint density at radius 1 is 1.46 bits per heavy atom. The van der Waals surface area contributed by atoms with Crippen LogP contribution in [-0.4, -0.2) is 60.3 Å². The van der Waals surface area contributed by atoms with E-state index < -0.39 is 0 Å². The average Bonchev–Trinajstić information content (AvgIpc) is 2.13. The van der Waals surface area contributed by atoms with Crippen LogP contribution in [0.2, 0.25) is 0 Å². The maximum Gasteiger partial charge on any atom is 0.0639 e. The summed E-state index contributed by atoms with van der Waals surface area (Å²) in [7, 11) is 2.17. The molecule has 0 spiro atoms. The molecular weight excluding hydrogens is 164 g/mol. The van der Waals surface area contributed by atoms with E-state index in [0.717, 1.165) is 19.6 Å². The molecule has 1 N–H and O–H groups in total. The first-order chi connectivity index (χ1) is 6.09. The highest BCUT2D eigenvalue weighted by molar-refractivity contribution is 4.76. The number of β-amino-alcohol motifs (C(OH)–C–C–N with tert-alkyl or cyclic N) is 1. The Hall–Kier alpha value is -0.120. The van der Waals surface area contributed by atoms with Crippen LogP contribution in [0.3, 0.4) is 0 Å².